The van der Waals surface area contributed by atoms with Crippen LogP contribution < -0.4 is 5.32 Å². The lowest BCUT2D eigenvalue weighted by molar-refractivity contribution is 0.0526. The predicted molar refractivity (Wildman–Crippen MR) is 88.8 cm³/mol. The van der Waals surface area contributed by atoms with E-state index in [2.05, 4.69) is 5.32 Å². The Morgan fingerprint density at radius 2 is 1.87 bits per heavy atom. The number of hydrogen-bond acceptors (Lipinski definition) is 3. The molecule has 0 saturated heterocycles. The summed E-state index contributed by atoms with van der Waals surface area (Å²) in [6.45, 7) is 2.09. The van der Waals surface area contributed by atoms with Crippen molar-refractivity contribution >= 4 is 17.6 Å². The van der Waals surface area contributed by atoms with Crippen molar-refractivity contribution in [3.8, 4) is 0 Å². The Labute approximate surface area is 135 Å². The summed E-state index contributed by atoms with van der Waals surface area (Å²) in [6, 6.07) is 12.6. The van der Waals surface area contributed by atoms with Crippen molar-refractivity contribution in [1.82, 2.24) is 0 Å². The van der Waals surface area contributed by atoms with Crippen LogP contribution in [0.3, 0.4) is 0 Å². The smallest absolute Gasteiger partial charge is 0.338 e. The molecule has 118 valence electrons. The quantitative estimate of drug-likeness (QED) is 0.878. The van der Waals surface area contributed by atoms with E-state index in [1.807, 2.05) is 18.2 Å². The monoisotopic (exact) mass is 309 g/mol. The van der Waals surface area contributed by atoms with E-state index in [1.165, 1.54) is 11.1 Å². The molecule has 0 unspecified atom stereocenters. The van der Waals surface area contributed by atoms with E-state index < -0.39 is 0 Å². The summed E-state index contributed by atoms with van der Waals surface area (Å²) in [4.78, 5) is 24.1. The minimum Gasteiger partial charge on any atom is -0.462 e. The molecule has 0 aromatic heterocycles. The Hall–Kier alpha value is -2.62. The zero-order valence-electron chi connectivity index (χ0n) is 13.1. The number of benzene rings is 2. The largest absolute Gasteiger partial charge is 0.462 e. The number of nitrogens with one attached hydrogen (secondary N) is 1. The topological polar surface area (TPSA) is 55.4 Å². The van der Waals surface area contributed by atoms with Gasteiger partial charge in [-0.25, -0.2) is 4.79 Å². The van der Waals surface area contributed by atoms with Gasteiger partial charge in [-0.15, -0.1) is 0 Å². The molecule has 0 aliphatic heterocycles. The van der Waals surface area contributed by atoms with Gasteiger partial charge in [0.15, 0.2) is 0 Å². The SMILES string of the molecule is CCOC(=O)c1cccc(NC(=O)c2ccc3c(c2)CCC3)c1. The zero-order chi connectivity index (χ0) is 16.2. The molecule has 0 heterocycles. The summed E-state index contributed by atoms with van der Waals surface area (Å²) in [5.41, 5.74) is 4.26. The zero-order valence-corrected chi connectivity index (χ0v) is 13.1. The van der Waals surface area contributed by atoms with Gasteiger partial charge in [-0.3, -0.25) is 4.79 Å². The van der Waals surface area contributed by atoms with E-state index >= 15 is 0 Å². The predicted octanol–water partition coefficient (Wildman–Crippen LogP) is 3.60. The number of rotatable bonds is 4. The third kappa shape index (κ3) is 3.42. The highest BCUT2D eigenvalue weighted by atomic mass is 16.5. The molecule has 0 spiro atoms. The third-order valence-electron chi connectivity index (χ3n) is 3.99. The Balaban J connectivity index is 1.75. The van der Waals surface area contributed by atoms with E-state index in [9.17, 15) is 9.59 Å². The highest BCUT2D eigenvalue weighted by Gasteiger charge is 2.14. The molecule has 1 aliphatic carbocycles. The Morgan fingerprint density at radius 1 is 1.04 bits per heavy atom. The molecule has 0 atom stereocenters. The molecule has 0 bridgehead atoms. The van der Waals surface area contributed by atoms with Crippen LogP contribution in [0.25, 0.3) is 0 Å². The summed E-state index contributed by atoms with van der Waals surface area (Å²) in [7, 11) is 0. The highest BCUT2D eigenvalue weighted by molar-refractivity contribution is 6.05. The lowest BCUT2D eigenvalue weighted by atomic mass is 10.1. The van der Waals surface area contributed by atoms with Gasteiger partial charge in [0.05, 0.1) is 12.2 Å². The van der Waals surface area contributed by atoms with Gasteiger partial charge in [-0.2, -0.15) is 0 Å². The number of esters is 1. The van der Waals surface area contributed by atoms with Gasteiger partial charge >= 0.3 is 5.97 Å². The minimum atomic E-state index is -0.388. The molecule has 0 radical (unpaired) electrons. The number of amides is 1. The first-order valence-electron chi connectivity index (χ1n) is 7.87. The van der Waals surface area contributed by atoms with Crippen LogP contribution >= 0.6 is 0 Å². The molecule has 1 N–H and O–H groups in total. The molecule has 0 saturated carbocycles. The average Bonchev–Trinajstić information content (AvgIpc) is 3.03. The Kier molecular flexibility index (Phi) is 4.42. The first kappa shape index (κ1) is 15.3. The Morgan fingerprint density at radius 3 is 2.70 bits per heavy atom. The van der Waals surface area contributed by atoms with Gasteiger partial charge in [-0.05, 0) is 67.6 Å². The summed E-state index contributed by atoms with van der Waals surface area (Å²) >= 11 is 0. The molecule has 4 heteroatoms. The van der Waals surface area contributed by atoms with E-state index in [0.29, 0.717) is 23.4 Å². The minimum absolute atomic E-state index is 0.166. The molecule has 2 aromatic carbocycles. The van der Waals surface area contributed by atoms with E-state index in [-0.39, 0.29) is 11.9 Å². The van der Waals surface area contributed by atoms with Gasteiger partial charge in [0.25, 0.3) is 5.91 Å². The fraction of sp³-hybridized carbons (Fsp3) is 0.263. The summed E-state index contributed by atoms with van der Waals surface area (Å²) in [5, 5.41) is 2.84. The summed E-state index contributed by atoms with van der Waals surface area (Å²) in [6.07, 6.45) is 3.29. The van der Waals surface area contributed by atoms with Crippen molar-refractivity contribution in [2.45, 2.75) is 26.2 Å². The second-order valence-electron chi connectivity index (χ2n) is 5.59. The van der Waals surface area contributed by atoms with Gasteiger partial charge in [0, 0.05) is 11.3 Å². The number of fused-ring (bicyclic) bond motifs is 1. The van der Waals surface area contributed by atoms with Gasteiger partial charge < -0.3 is 10.1 Å². The van der Waals surface area contributed by atoms with Crippen LogP contribution in [-0.4, -0.2) is 18.5 Å². The lowest BCUT2D eigenvalue weighted by Gasteiger charge is -2.08. The van der Waals surface area contributed by atoms with Crippen LogP contribution in [0.5, 0.6) is 0 Å². The maximum Gasteiger partial charge on any atom is 0.338 e. The van der Waals surface area contributed by atoms with E-state index in [1.54, 1.807) is 31.2 Å². The number of aryl methyl sites for hydroxylation is 2. The fourth-order valence-corrected chi connectivity index (χ4v) is 2.85. The normalized spacial score (nSPS) is 12.6. The second-order valence-corrected chi connectivity index (χ2v) is 5.59. The molecule has 4 nitrogen and oxygen atoms in total. The molecule has 2 aromatic rings. The van der Waals surface area contributed by atoms with E-state index in [0.717, 1.165) is 19.3 Å². The van der Waals surface area contributed by atoms with Crippen molar-refractivity contribution < 1.29 is 14.3 Å². The fourth-order valence-electron chi connectivity index (χ4n) is 2.85. The van der Waals surface area contributed by atoms with Gasteiger partial charge in [-0.1, -0.05) is 12.1 Å². The maximum absolute atomic E-state index is 12.4. The number of hydrogen-bond donors (Lipinski definition) is 1. The molecule has 3 rings (SSSR count). The van der Waals surface area contributed by atoms with Crippen LogP contribution in [0, 0.1) is 0 Å². The van der Waals surface area contributed by atoms with Crippen LogP contribution in [0.4, 0.5) is 5.69 Å². The highest BCUT2D eigenvalue weighted by Crippen LogP contribution is 2.23. The molecule has 0 fully saturated rings. The number of ether oxygens (including phenoxy) is 1. The van der Waals surface area contributed by atoms with Gasteiger partial charge in [0.1, 0.15) is 0 Å². The second kappa shape index (κ2) is 6.65. The van der Waals surface area contributed by atoms with Crippen LogP contribution in [0.15, 0.2) is 42.5 Å². The summed E-state index contributed by atoms with van der Waals surface area (Å²) < 4.78 is 4.97. The summed E-state index contributed by atoms with van der Waals surface area (Å²) in [5.74, 6) is -0.554. The molecule has 1 amide bonds. The number of carbonyl (C=O) groups is 2. The molecule has 1 aliphatic rings. The van der Waals surface area contributed by atoms with E-state index in [4.69, 9.17) is 4.74 Å². The van der Waals surface area contributed by atoms with Crippen molar-refractivity contribution in [2.75, 3.05) is 11.9 Å². The lowest BCUT2D eigenvalue weighted by Crippen LogP contribution is -2.13. The average molecular weight is 309 g/mol. The molecule has 23 heavy (non-hydrogen) atoms. The first-order chi connectivity index (χ1) is 11.2. The Bertz CT molecular complexity index is 752. The third-order valence-corrected chi connectivity index (χ3v) is 3.99. The van der Waals surface area contributed by atoms with Crippen LogP contribution in [-0.2, 0) is 17.6 Å². The van der Waals surface area contributed by atoms with Crippen molar-refractivity contribution in [1.29, 1.82) is 0 Å². The molecular weight excluding hydrogens is 290 g/mol. The standard InChI is InChI=1S/C19H19NO3/c1-2-23-19(22)16-7-4-8-17(12-16)20-18(21)15-10-9-13-5-3-6-14(13)11-15/h4,7-12H,2-3,5-6H2,1H3,(H,20,21). The van der Waals surface area contributed by atoms with Crippen molar-refractivity contribution in [3.63, 3.8) is 0 Å². The van der Waals surface area contributed by atoms with Crippen molar-refractivity contribution in [3.05, 3.63) is 64.7 Å². The maximum atomic E-state index is 12.4. The van der Waals surface area contributed by atoms with Crippen molar-refractivity contribution in [2.24, 2.45) is 0 Å². The van der Waals surface area contributed by atoms with Crippen LogP contribution in [0.2, 0.25) is 0 Å². The number of carbonyl (C=O) groups excluding carboxylic acids is 2. The first-order valence-corrected chi connectivity index (χ1v) is 7.87. The van der Waals surface area contributed by atoms with Crippen LogP contribution in [0.1, 0.15) is 45.2 Å². The molecular formula is C19H19NO3. The van der Waals surface area contributed by atoms with Gasteiger partial charge in [0.2, 0.25) is 0 Å². The number of anilines is 1.